The summed E-state index contributed by atoms with van der Waals surface area (Å²) in [6.45, 7) is 13.6. The van der Waals surface area contributed by atoms with E-state index in [1.54, 1.807) is 6.92 Å². The number of carbonyl (C=O) groups is 1. The molecule has 0 aliphatic rings. The van der Waals surface area contributed by atoms with Gasteiger partial charge in [-0.25, -0.2) is 0 Å². The fraction of sp³-hybridized carbons (Fsp3) is 0.941. The molecule has 0 aliphatic carbocycles. The van der Waals surface area contributed by atoms with E-state index in [1.165, 1.54) is 6.92 Å². The van der Waals surface area contributed by atoms with Crippen LogP contribution in [-0.4, -0.2) is 29.0 Å². The Balaban J connectivity index is 5.09. The van der Waals surface area contributed by atoms with Gasteiger partial charge in [0.1, 0.15) is 6.10 Å². The van der Waals surface area contributed by atoms with Crippen LogP contribution in [0.25, 0.3) is 0 Å². The maximum Gasteiger partial charge on any atom is 0.417 e. The maximum atomic E-state index is 12.7. The second-order valence-corrected chi connectivity index (χ2v) is 8.50. The van der Waals surface area contributed by atoms with E-state index in [-0.39, 0.29) is 11.3 Å². The molecule has 0 spiro atoms. The SMILES string of the molecule is CC(CC(C)(O)C(F)(F)F)OC(=O)C(C)(CC(C)(C)C)C(C)C. The number of ether oxygens (including phenoxy) is 1. The highest BCUT2D eigenvalue weighted by Gasteiger charge is 2.51. The molecule has 1 N–H and O–H groups in total. The number of carbonyl (C=O) groups excluding carboxylic acids is 1. The molecule has 0 rings (SSSR count). The highest BCUT2D eigenvalue weighted by atomic mass is 19.4. The predicted molar refractivity (Wildman–Crippen MR) is 83.9 cm³/mol. The second-order valence-electron chi connectivity index (χ2n) is 8.50. The van der Waals surface area contributed by atoms with Gasteiger partial charge in [0.2, 0.25) is 0 Å². The quantitative estimate of drug-likeness (QED) is 0.712. The smallest absolute Gasteiger partial charge is 0.417 e. The molecule has 0 saturated carbocycles. The molecule has 0 bridgehead atoms. The summed E-state index contributed by atoms with van der Waals surface area (Å²) in [6.07, 6.45) is -5.93. The van der Waals surface area contributed by atoms with Crippen molar-refractivity contribution in [2.75, 3.05) is 0 Å². The molecule has 0 aliphatic heterocycles. The molecule has 23 heavy (non-hydrogen) atoms. The van der Waals surface area contributed by atoms with Crippen molar-refractivity contribution in [1.29, 1.82) is 0 Å². The number of aliphatic hydroxyl groups is 1. The molecule has 0 aromatic carbocycles. The van der Waals surface area contributed by atoms with E-state index in [2.05, 4.69) is 0 Å². The maximum absolute atomic E-state index is 12.7. The minimum absolute atomic E-state index is 0.0236. The van der Waals surface area contributed by atoms with Gasteiger partial charge in [0, 0.05) is 6.42 Å². The van der Waals surface area contributed by atoms with Crippen LogP contribution >= 0.6 is 0 Å². The van der Waals surface area contributed by atoms with Gasteiger partial charge in [0.25, 0.3) is 0 Å². The molecule has 0 aromatic rings. The van der Waals surface area contributed by atoms with Crippen LogP contribution in [0.3, 0.4) is 0 Å². The third kappa shape index (κ3) is 6.32. The molecule has 3 unspecified atom stereocenters. The Morgan fingerprint density at radius 2 is 1.48 bits per heavy atom. The molecule has 0 heterocycles. The molecular formula is C17H31F3O3. The Hall–Kier alpha value is -0.780. The molecule has 0 saturated heterocycles. The summed E-state index contributed by atoms with van der Waals surface area (Å²) in [5, 5.41) is 9.52. The molecule has 138 valence electrons. The van der Waals surface area contributed by atoms with Crippen LogP contribution in [0.5, 0.6) is 0 Å². The van der Waals surface area contributed by atoms with Crippen molar-refractivity contribution in [3.05, 3.63) is 0 Å². The fourth-order valence-electron chi connectivity index (χ4n) is 2.65. The Bertz CT molecular complexity index is 408. The van der Waals surface area contributed by atoms with Crippen LogP contribution in [-0.2, 0) is 9.53 Å². The van der Waals surface area contributed by atoms with Gasteiger partial charge >= 0.3 is 12.1 Å². The molecule has 0 radical (unpaired) electrons. The number of hydrogen-bond donors (Lipinski definition) is 1. The van der Waals surface area contributed by atoms with Crippen LogP contribution in [0, 0.1) is 16.7 Å². The van der Waals surface area contributed by atoms with E-state index in [9.17, 15) is 23.1 Å². The van der Waals surface area contributed by atoms with Gasteiger partial charge in [-0.15, -0.1) is 0 Å². The van der Waals surface area contributed by atoms with Gasteiger partial charge in [-0.05, 0) is 38.5 Å². The van der Waals surface area contributed by atoms with Crippen LogP contribution in [0.1, 0.15) is 68.2 Å². The molecule has 6 heteroatoms. The van der Waals surface area contributed by atoms with E-state index >= 15 is 0 Å². The Morgan fingerprint density at radius 1 is 1.04 bits per heavy atom. The number of rotatable bonds is 6. The van der Waals surface area contributed by atoms with Gasteiger partial charge in [-0.3, -0.25) is 4.79 Å². The summed E-state index contributed by atoms with van der Waals surface area (Å²) in [5.41, 5.74) is -3.81. The van der Waals surface area contributed by atoms with Crippen molar-refractivity contribution in [3.8, 4) is 0 Å². The lowest BCUT2D eigenvalue weighted by molar-refractivity contribution is -0.261. The van der Waals surface area contributed by atoms with Gasteiger partial charge in [0.05, 0.1) is 5.41 Å². The number of hydrogen-bond acceptors (Lipinski definition) is 3. The van der Waals surface area contributed by atoms with E-state index in [0.29, 0.717) is 13.3 Å². The summed E-state index contributed by atoms with van der Waals surface area (Å²) in [4.78, 5) is 12.5. The first-order valence-electron chi connectivity index (χ1n) is 7.92. The molecular weight excluding hydrogens is 309 g/mol. The van der Waals surface area contributed by atoms with E-state index in [4.69, 9.17) is 4.74 Å². The van der Waals surface area contributed by atoms with E-state index in [1.807, 2.05) is 34.6 Å². The topological polar surface area (TPSA) is 46.5 Å². The first-order chi connectivity index (χ1) is 9.92. The lowest BCUT2D eigenvalue weighted by Gasteiger charge is -2.38. The third-order valence-corrected chi connectivity index (χ3v) is 4.24. The molecule has 3 nitrogen and oxygen atoms in total. The Morgan fingerprint density at radius 3 is 1.78 bits per heavy atom. The molecule has 0 aromatic heterocycles. The Labute approximate surface area is 137 Å². The standard InChI is InChI=1S/C17H31F3O3/c1-11(2)15(7,10-14(4,5)6)13(21)23-12(3)9-16(8,22)17(18,19)20/h11-12,22H,9-10H2,1-8H3. The highest BCUT2D eigenvalue weighted by molar-refractivity contribution is 5.77. The average Bonchev–Trinajstić information content (AvgIpc) is 2.23. The van der Waals surface area contributed by atoms with Crippen molar-refractivity contribution in [1.82, 2.24) is 0 Å². The number of esters is 1. The lowest BCUT2D eigenvalue weighted by atomic mass is 9.69. The van der Waals surface area contributed by atoms with Crippen LogP contribution in [0.4, 0.5) is 13.2 Å². The largest absolute Gasteiger partial charge is 0.462 e. The van der Waals surface area contributed by atoms with Crippen molar-refractivity contribution in [2.45, 2.75) is 86.1 Å². The van der Waals surface area contributed by atoms with Crippen LogP contribution in [0.15, 0.2) is 0 Å². The van der Waals surface area contributed by atoms with Gasteiger partial charge < -0.3 is 9.84 Å². The zero-order chi connectivity index (χ0) is 18.9. The lowest BCUT2D eigenvalue weighted by Crippen LogP contribution is -2.46. The predicted octanol–water partition coefficient (Wildman–Crippen LogP) is 4.72. The first-order valence-corrected chi connectivity index (χ1v) is 7.92. The monoisotopic (exact) mass is 340 g/mol. The first kappa shape index (κ1) is 22.2. The molecule has 0 amide bonds. The fourth-order valence-corrected chi connectivity index (χ4v) is 2.65. The van der Waals surface area contributed by atoms with Crippen molar-refractivity contribution >= 4 is 5.97 Å². The van der Waals surface area contributed by atoms with Gasteiger partial charge in [-0.1, -0.05) is 34.6 Å². The van der Waals surface area contributed by atoms with Crippen LogP contribution < -0.4 is 0 Å². The van der Waals surface area contributed by atoms with Crippen molar-refractivity contribution < 1.29 is 27.8 Å². The Kier molecular flexibility index (Phi) is 6.76. The van der Waals surface area contributed by atoms with Gasteiger partial charge in [-0.2, -0.15) is 13.2 Å². The zero-order valence-corrected chi connectivity index (χ0v) is 15.5. The number of alkyl halides is 3. The summed E-state index contributed by atoms with van der Waals surface area (Å²) >= 11 is 0. The molecule has 0 fully saturated rings. The van der Waals surface area contributed by atoms with Gasteiger partial charge in [0.15, 0.2) is 5.60 Å². The van der Waals surface area contributed by atoms with E-state index in [0.717, 1.165) is 0 Å². The number of halogens is 3. The summed E-state index contributed by atoms with van der Waals surface area (Å²) in [5.74, 6) is -0.544. The second kappa shape index (κ2) is 6.99. The molecule has 3 atom stereocenters. The zero-order valence-electron chi connectivity index (χ0n) is 15.5. The normalized spacial score (nSPS) is 19.9. The van der Waals surface area contributed by atoms with Crippen molar-refractivity contribution in [3.63, 3.8) is 0 Å². The minimum Gasteiger partial charge on any atom is -0.462 e. The van der Waals surface area contributed by atoms with E-state index < -0.39 is 35.7 Å². The minimum atomic E-state index is -4.76. The highest BCUT2D eigenvalue weighted by Crippen LogP contribution is 2.41. The summed E-state index contributed by atoms with van der Waals surface area (Å²) in [6, 6.07) is 0. The van der Waals surface area contributed by atoms with Crippen LogP contribution in [0.2, 0.25) is 0 Å². The third-order valence-electron chi connectivity index (χ3n) is 4.24. The summed E-state index contributed by atoms with van der Waals surface area (Å²) in [7, 11) is 0. The average molecular weight is 340 g/mol. The summed E-state index contributed by atoms with van der Waals surface area (Å²) < 4.78 is 43.4. The van der Waals surface area contributed by atoms with Crippen molar-refractivity contribution in [2.24, 2.45) is 16.7 Å².